The van der Waals surface area contributed by atoms with Crippen LogP contribution in [-0.4, -0.2) is 0 Å². The number of rotatable bonds is 8. The average Bonchev–Trinajstić information content (AvgIpc) is 2.43. The average molecular weight is 281 g/mol. The first-order valence-electron chi connectivity index (χ1n) is 9.47. The number of unbranched alkanes of at least 4 members (excludes halogenated alkanes) is 7. The minimum absolute atomic E-state index is 0.945. The highest BCUT2D eigenvalue weighted by Crippen LogP contribution is 2.23. The predicted molar refractivity (Wildman–Crippen MR) is 93.8 cm³/mol. The summed E-state index contributed by atoms with van der Waals surface area (Å²) >= 11 is 0. The van der Waals surface area contributed by atoms with Gasteiger partial charge < -0.3 is 0 Å². The maximum absolute atomic E-state index is 3.82. The van der Waals surface area contributed by atoms with Gasteiger partial charge in [-0.15, -0.1) is 0 Å². The van der Waals surface area contributed by atoms with Crippen LogP contribution in [0.25, 0.3) is 0 Å². The van der Waals surface area contributed by atoms with E-state index in [0.29, 0.717) is 0 Å². The lowest BCUT2D eigenvalue weighted by Gasteiger charge is -2.16. The summed E-state index contributed by atoms with van der Waals surface area (Å²) in [6, 6.07) is 0. The first kappa shape index (κ1) is 20.0. The Kier molecular flexibility index (Phi) is 17.1. The molecule has 0 aromatic heterocycles. The van der Waals surface area contributed by atoms with Crippen LogP contribution in [0.3, 0.4) is 0 Å². The van der Waals surface area contributed by atoms with Crippen molar-refractivity contribution >= 4 is 0 Å². The van der Waals surface area contributed by atoms with Crippen molar-refractivity contribution in [1.29, 1.82) is 0 Å². The molecule has 0 aliphatic heterocycles. The molecule has 1 fully saturated rings. The molecule has 0 spiro atoms. The standard InChI is InChI=1S/C10H19.C10H21/c1-2-10-8-6-4-3-5-7-9-10;1-3-5-7-9-10-8-6-4-2/h8,10H,2-7,9H2,1H3;1,3-10H2,2H3. The van der Waals surface area contributed by atoms with E-state index in [2.05, 4.69) is 27.2 Å². The fourth-order valence-electron chi connectivity index (χ4n) is 2.88. The van der Waals surface area contributed by atoms with Crippen LogP contribution < -0.4 is 0 Å². The Labute approximate surface area is 130 Å². The van der Waals surface area contributed by atoms with Crippen molar-refractivity contribution in [3.63, 3.8) is 0 Å². The van der Waals surface area contributed by atoms with Crippen LogP contribution in [0.2, 0.25) is 0 Å². The summed E-state index contributed by atoms with van der Waals surface area (Å²) in [6.45, 7) is 8.39. The van der Waals surface area contributed by atoms with Crippen LogP contribution in [0.5, 0.6) is 0 Å². The lowest BCUT2D eigenvalue weighted by atomic mass is 9.90. The van der Waals surface area contributed by atoms with E-state index in [4.69, 9.17) is 0 Å². The molecule has 1 aliphatic rings. The minimum atomic E-state index is 0.945. The summed E-state index contributed by atoms with van der Waals surface area (Å²) in [7, 11) is 0. The van der Waals surface area contributed by atoms with Gasteiger partial charge in [0.05, 0.1) is 0 Å². The monoisotopic (exact) mass is 280 g/mol. The molecule has 0 aromatic carbocycles. The molecule has 0 saturated heterocycles. The van der Waals surface area contributed by atoms with Gasteiger partial charge >= 0.3 is 0 Å². The van der Waals surface area contributed by atoms with E-state index in [0.717, 1.165) is 12.3 Å². The molecule has 120 valence electrons. The molecule has 20 heavy (non-hydrogen) atoms. The number of hydrogen-bond acceptors (Lipinski definition) is 0. The Morgan fingerprint density at radius 3 is 2.15 bits per heavy atom. The molecule has 0 aromatic rings. The molecule has 2 radical (unpaired) electrons. The highest BCUT2D eigenvalue weighted by Gasteiger charge is 2.08. The van der Waals surface area contributed by atoms with Gasteiger partial charge in [0.25, 0.3) is 0 Å². The van der Waals surface area contributed by atoms with E-state index in [1.165, 1.54) is 89.9 Å². The maximum atomic E-state index is 3.82. The molecule has 1 unspecified atom stereocenters. The zero-order chi connectivity index (χ0) is 14.9. The molecule has 1 rings (SSSR count). The normalized spacial score (nSPS) is 16.9. The smallest absolute Gasteiger partial charge is 0.0355 e. The molecule has 1 atom stereocenters. The van der Waals surface area contributed by atoms with Crippen LogP contribution in [0.1, 0.15) is 110 Å². The van der Waals surface area contributed by atoms with Crippen LogP contribution in [0.15, 0.2) is 0 Å². The maximum Gasteiger partial charge on any atom is -0.0355 e. The number of hydrogen-bond donors (Lipinski definition) is 0. The molecule has 0 bridgehead atoms. The molecular formula is C20H40. The van der Waals surface area contributed by atoms with E-state index in [9.17, 15) is 0 Å². The molecule has 0 heterocycles. The molecule has 0 heteroatoms. The zero-order valence-electron chi connectivity index (χ0n) is 14.5. The second-order valence-electron chi connectivity index (χ2n) is 6.37. The lowest BCUT2D eigenvalue weighted by Crippen LogP contribution is -2.02. The topological polar surface area (TPSA) is 0 Å². The van der Waals surface area contributed by atoms with Crippen molar-refractivity contribution in [3.05, 3.63) is 13.3 Å². The van der Waals surface area contributed by atoms with Gasteiger partial charge in [0.2, 0.25) is 0 Å². The predicted octanol–water partition coefficient (Wildman–Crippen LogP) is 7.53. The molecule has 0 nitrogen and oxygen atoms in total. The van der Waals surface area contributed by atoms with Crippen LogP contribution >= 0.6 is 0 Å². The molecule has 0 N–H and O–H groups in total. The first-order chi connectivity index (χ1) is 9.85. The van der Waals surface area contributed by atoms with Crippen molar-refractivity contribution in [2.45, 2.75) is 110 Å². The minimum Gasteiger partial charge on any atom is -0.0654 e. The van der Waals surface area contributed by atoms with Crippen molar-refractivity contribution in [1.82, 2.24) is 0 Å². The van der Waals surface area contributed by atoms with E-state index in [1.807, 2.05) is 0 Å². The Bertz CT molecular complexity index is 145. The second kappa shape index (κ2) is 17.1. The third kappa shape index (κ3) is 14.4. The van der Waals surface area contributed by atoms with Gasteiger partial charge in [0, 0.05) is 0 Å². The van der Waals surface area contributed by atoms with Crippen molar-refractivity contribution in [2.75, 3.05) is 0 Å². The van der Waals surface area contributed by atoms with Gasteiger partial charge in [-0.1, -0.05) is 111 Å². The van der Waals surface area contributed by atoms with Crippen molar-refractivity contribution in [2.24, 2.45) is 5.92 Å². The van der Waals surface area contributed by atoms with E-state index in [-0.39, 0.29) is 0 Å². The highest BCUT2D eigenvalue weighted by molar-refractivity contribution is 4.76. The summed E-state index contributed by atoms with van der Waals surface area (Å²) < 4.78 is 0. The largest absolute Gasteiger partial charge is 0.0654 e. The third-order valence-corrected chi connectivity index (χ3v) is 4.41. The summed E-state index contributed by atoms with van der Waals surface area (Å²) in [6.07, 6.45) is 23.5. The first-order valence-corrected chi connectivity index (χ1v) is 9.47. The zero-order valence-corrected chi connectivity index (χ0v) is 14.5. The fraction of sp³-hybridized carbons (Fsp3) is 0.900. The second-order valence-corrected chi connectivity index (χ2v) is 6.37. The molecule has 0 amide bonds. The van der Waals surface area contributed by atoms with Crippen LogP contribution in [0, 0.1) is 19.3 Å². The SMILES string of the molecule is CCC1[CH]CCCCCC1.[CH2]CCCCCCCCC. The van der Waals surface area contributed by atoms with Gasteiger partial charge in [-0.25, -0.2) is 0 Å². The summed E-state index contributed by atoms with van der Waals surface area (Å²) in [5.41, 5.74) is 0. The van der Waals surface area contributed by atoms with Gasteiger partial charge in [-0.3, -0.25) is 0 Å². The molecular weight excluding hydrogens is 240 g/mol. The van der Waals surface area contributed by atoms with Crippen molar-refractivity contribution in [3.8, 4) is 0 Å². The Morgan fingerprint density at radius 2 is 1.50 bits per heavy atom. The Hall–Kier alpha value is 0. The van der Waals surface area contributed by atoms with Crippen LogP contribution in [0.4, 0.5) is 0 Å². The highest BCUT2D eigenvalue weighted by atomic mass is 14.1. The third-order valence-electron chi connectivity index (χ3n) is 4.41. The van der Waals surface area contributed by atoms with E-state index < -0.39 is 0 Å². The van der Waals surface area contributed by atoms with Gasteiger partial charge in [-0.2, -0.15) is 0 Å². The van der Waals surface area contributed by atoms with Gasteiger partial charge in [0.15, 0.2) is 0 Å². The van der Waals surface area contributed by atoms with Crippen molar-refractivity contribution < 1.29 is 0 Å². The van der Waals surface area contributed by atoms with Gasteiger partial charge in [0.1, 0.15) is 0 Å². The Balaban J connectivity index is 0.000000361. The summed E-state index contributed by atoms with van der Waals surface area (Å²) in [5, 5.41) is 0. The quantitative estimate of drug-likeness (QED) is 0.403. The summed E-state index contributed by atoms with van der Waals surface area (Å²) in [4.78, 5) is 0. The van der Waals surface area contributed by atoms with E-state index in [1.54, 1.807) is 0 Å². The lowest BCUT2D eigenvalue weighted by molar-refractivity contribution is 0.445. The molecule has 1 aliphatic carbocycles. The fourth-order valence-corrected chi connectivity index (χ4v) is 2.88. The summed E-state index contributed by atoms with van der Waals surface area (Å²) in [5.74, 6) is 0.945. The van der Waals surface area contributed by atoms with Crippen LogP contribution in [-0.2, 0) is 0 Å². The molecule has 1 saturated carbocycles. The Morgan fingerprint density at radius 1 is 0.850 bits per heavy atom. The van der Waals surface area contributed by atoms with Gasteiger partial charge in [-0.05, 0) is 18.8 Å². The van der Waals surface area contributed by atoms with E-state index >= 15 is 0 Å².